The van der Waals surface area contributed by atoms with Crippen molar-refractivity contribution in [2.75, 3.05) is 11.4 Å². The summed E-state index contributed by atoms with van der Waals surface area (Å²) in [5.74, 6) is 1.20. The highest BCUT2D eigenvalue weighted by molar-refractivity contribution is 5.55. The first-order valence-corrected chi connectivity index (χ1v) is 6.21. The molecule has 0 amide bonds. The van der Waals surface area contributed by atoms with Crippen molar-refractivity contribution < 1.29 is 4.52 Å². The third kappa shape index (κ3) is 2.09. The summed E-state index contributed by atoms with van der Waals surface area (Å²) >= 11 is 0. The summed E-state index contributed by atoms with van der Waals surface area (Å²) in [7, 11) is 0. The SMILES string of the molecule is NCc1nc(CN2CCCc3ccccc32)no1. The van der Waals surface area contributed by atoms with Crippen LogP contribution < -0.4 is 10.6 Å². The van der Waals surface area contributed by atoms with Gasteiger partial charge in [-0.25, -0.2) is 0 Å². The second-order valence-electron chi connectivity index (χ2n) is 4.46. The van der Waals surface area contributed by atoms with E-state index in [4.69, 9.17) is 10.3 Å². The predicted molar refractivity (Wildman–Crippen MR) is 68.0 cm³/mol. The molecule has 0 fully saturated rings. The molecule has 0 aliphatic carbocycles. The van der Waals surface area contributed by atoms with Gasteiger partial charge in [-0.3, -0.25) is 0 Å². The Bertz CT molecular complexity index is 537. The normalized spacial score (nSPS) is 14.6. The van der Waals surface area contributed by atoms with Crippen LogP contribution in [0.3, 0.4) is 0 Å². The molecule has 1 aromatic heterocycles. The van der Waals surface area contributed by atoms with Crippen molar-refractivity contribution in [2.45, 2.75) is 25.9 Å². The first-order valence-electron chi connectivity index (χ1n) is 6.21. The van der Waals surface area contributed by atoms with Crippen LogP contribution in [0.5, 0.6) is 0 Å². The second-order valence-corrected chi connectivity index (χ2v) is 4.46. The van der Waals surface area contributed by atoms with Crippen molar-refractivity contribution in [3.05, 3.63) is 41.5 Å². The molecule has 3 rings (SSSR count). The van der Waals surface area contributed by atoms with Gasteiger partial charge in [0.1, 0.15) is 0 Å². The molecule has 0 unspecified atom stereocenters. The number of nitrogens with two attached hydrogens (primary N) is 1. The molecule has 5 nitrogen and oxygen atoms in total. The maximum atomic E-state index is 5.46. The molecule has 1 aromatic carbocycles. The third-order valence-electron chi connectivity index (χ3n) is 3.22. The van der Waals surface area contributed by atoms with E-state index in [0.717, 1.165) is 13.0 Å². The van der Waals surface area contributed by atoms with Gasteiger partial charge in [-0.05, 0) is 24.5 Å². The van der Waals surface area contributed by atoms with E-state index in [-0.39, 0.29) is 0 Å². The number of anilines is 1. The van der Waals surface area contributed by atoms with Crippen LogP contribution >= 0.6 is 0 Å². The zero-order valence-electron chi connectivity index (χ0n) is 10.2. The minimum absolute atomic E-state index is 0.295. The second kappa shape index (κ2) is 4.78. The molecule has 1 aliphatic rings. The Labute approximate surface area is 106 Å². The highest BCUT2D eigenvalue weighted by atomic mass is 16.5. The van der Waals surface area contributed by atoms with Crippen LogP contribution in [0.25, 0.3) is 0 Å². The van der Waals surface area contributed by atoms with E-state index in [2.05, 4.69) is 39.3 Å². The van der Waals surface area contributed by atoms with Gasteiger partial charge in [-0.15, -0.1) is 0 Å². The van der Waals surface area contributed by atoms with E-state index in [1.807, 2.05) is 0 Å². The van der Waals surface area contributed by atoms with Crippen LogP contribution in [0, 0.1) is 0 Å². The van der Waals surface area contributed by atoms with Crippen LogP contribution in [-0.2, 0) is 19.5 Å². The average Bonchev–Trinajstić information content (AvgIpc) is 2.87. The number of fused-ring (bicyclic) bond motifs is 1. The number of nitrogens with zero attached hydrogens (tertiary/aromatic N) is 3. The minimum atomic E-state index is 0.295. The van der Waals surface area contributed by atoms with E-state index >= 15 is 0 Å². The van der Waals surface area contributed by atoms with Crippen LogP contribution in [0.2, 0.25) is 0 Å². The Hall–Kier alpha value is -1.88. The Morgan fingerprint density at radius 1 is 1.33 bits per heavy atom. The number of aromatic nitrogens is 2. The number of para-hydroxylation sites is 1. The van der Waals surface area contributed by atoms with E-state index in [9.17, 15) is 0 Å². The first-order chi connectivity index (χ1) is 8.86. The number of benzene rings is 1. The van der Waals surface area contributed by atoms with Gasteiger partial charge < -0.3 is 15.2 Å². The fraction of sp³-hybridized carbons (Fsp3) is 0.385. The van der Waals surface area contributed by atoms with Crippen LogP contribution in [0.15, 0.2) is 28.8 Å². The minimum Gasteiger partial charge on any atom is -0.364 e. The Kier molecular flexibility index (Phi) is 2.98. The molecular weight excluding hydrogens is 228 g/mol. The molecule has 0 spiro atoms. The van der Waals surface area contributed by atoms with E-state index < -0.39 is 0 Å². The van der Waals surface area contributed by atoms with Crippen LogP contribution in [-0.4, -0.2) is 16.7 Å². The van der Waals surface area contributed by atoms with Crippen molar-refractivity contribution in [3.8, 4) is 0 Å². The fourth-order valence-electron chi connectivity index (χ4n) is 2.38. The summed E-state index contributed by atoms with van der Waals surface area (Å²) < 4.78 is 5.03. The van der Waals surface area contributed by atoms with Gasteiger partial charge in [-0.1, -0.05) is 23.4 Å². The molecule has 2 heterocycles. The molecule has 2 aromatic rings. The number of hydrogen-bond donors (Lipinski definition) is 1. The van der Waals surface area contributed by atoms with Gasteiger partial charge in [0, 0.05) is 12.2 Å². The first kappa shape index (κ1) is 11.2. The topological polar surface area (TPSA) is 68.2 Å². The van der Waals surface area contributed by atoms with Gasteiger partial charge in [0.25, 0.3) is 0 Å². The Morgan fingerprint density at radius 2 is 2.22 bits per heavy atom. The van der Waals surface area contributed by atoms with Gasteiger partial charge in [0.15, 0.2) is 5.82 Å². The average molecular weight is 244 g/mol. The molecule has 0 saturated heterocycles. The van der Waals surface area contributed by atoms with Crippen molar-refractivity contribution in [1.82, 2.24) is 10.1 Å². The van der Waals surface area contributed by atoms with Crippen molar-refractivity contribution in [2.24, 2.45) is 5.73 Å². The molecule has 5 heteroatoms. The predicted octanol–water partition coefficient (Wildman–Crippen LogP) is 1.48. The quantitative estimate of drug-likeness (QED) is 0.885. The smallest absolute Gasteiger partial charge is 0.240 e. The molecule has 18 heavy (non-hydrogen) atoms. The molecule has 0 atom stereocenters. The van der Waals surface area contributed by atoms with Crippen molar-refractivity contribution >= 4 is 5.69 Å². The van der Waals surface area contributed by atoms with Gasteiger partial charge >= 0.3 is 0 Å². The highest BCUT2D eigenvalue weighted by Crippen LogP contribution is 2.27. The van der Waals surface area contributed by atoms with E-state index in [0.29, 0.717) is 24.8 Å². The van der Waals surface area contributed by atoms with E-state index in [1.54, 1.807) is 0 Å². The summed E-state index contributed by atoms with van der Waals surface area (Å²) in [4.78, 5) is 6.55. The van der Waals surface area contributed by atoms with Crippen molar-refractivity contribution in [1.29, 1.82) is 0 Å². The summed E-state index contributed by atoms with van der Waals surface area (Å²) in [6, 6.07) is 8.49. The molecule has 94 valence electrons. The molecular formula is C13H16N4O. The lowest BCUT2D eigenvalue weighted by molar-refractivity contribution is 0.374. The van der Waals surface area contributed by atoms with Gasteiger partial charge in [0.2, 0.25) is 5.89 Å². The summed E-state index contributed by atoms with van der Waals surface area (Å²) in [6.07, 6.45) is 2.31. The highest BCUT2D eigenvalue weighted by Gasteiger charge is 2.18. The summed E-state index contributed by atoms with van der Waals surface area (Å²) in [5, 5.41) is 3.95. The van der Waals surface area contributed by atoms with Gasteiger partial charge in [0.05, 0.1) is 13.1 Å². The number of hydrogen-bond acceptors (Lipinski definition) is 5. The number of aryl methyl sites for hydroxylation is 1. The molecule has 2 N–H and O–H groups in total. The molecule has 1 aliphatic heterocycles. The Morgan fingerprint density at radius 3 is 3.06 bits per heavy atom. The van der Waals surface area contributed by atoms with Crippen LogP contribution in [0.1, 0.15) is 23.7 Å². The Balaban J connectivity index is 1.81. The molecule has 0 bridgehead atoms. The summed E-state index contributed by atoms with van der Waals surface area (Å²) in [5.41, 5.74) is 8.14. The van der Waals surface area contributed by atoms with Crippen LogP contribution in [0.4, 0.5) is 5.69 Å². The fourth-order valence-corrected chi connectivity index (χ4v) is 2.38. The van der Waals surface area contributed by atoms with Crippen molar-refractivity contribution in [3.63, 3.8) is 0 Å². The maximum absolute atomic E-state index is 5.46. The lowest BCUT2D eigenvalue weighted by Gasteiger charge is -2.30. The summed E-state index contributed by atoms with van der Waals surface area (Å²) in [6.45, 7) is 2.01. The largest absolute Gasteiger partial charge is 0.364 e. The lowest BCUT2D eigenvalue weighted by Crippen LogP contribution is -2.29. The van der Waals surface area contributed by atoms with Gasteiger partial charge in [-0.2, -0.15) is 4.98 Å². The molecule has 0 radical (unpaired) electrons. The zero-order chi connectivity index (χ0) is 12.4. The number of rotatable bonds is 3. The molecule has 0 saturated carbocycles. The standard InChI is InChI=1S/C13H16N4O/c14-8-13-15-12(16-18-13)9-17-7-3-5-10-4-1-2-6-11(10)17/h1-2,4,6H,3,5,7-9,14H2. The van der Waals surface area contributed by atoms with E-state index in [1.165, 1.54) is 17.7 Å². The zero-order valence-corrected chi connectivity index (χ0v) is 10.2. The maximum Gasteiger partial charge on any atom is 0.240 e. The lowest BCUT2D eigenvalue weighted by atomic mass is 10.0. The third-order valence-corrected chi connectivity index (χ3v) is 3.22. The monoisotopic (exact) mass is 244 g/mol.